The molecule has 0 saturated heterocycles. The highest BCUT2D eigenvalue weighted by Gasteiger charge is 2.34. The van der Waals surface area contributed by atoms with Gasteiger partial charge in [-0.05, 0) is 37.3 Å². The lowest BCUT2D eigenvalue weighted by molar-refractivity contribution is -0.158. The van der Waals surface area contributed by atoms with Crippen molar-refractivity contribution in [2.45, 2.75) is 44.4 Å². The molecule has 39 heavy (non-hydrogen) atoms. The Hall–Kier alpha value is -3.75. The van der Waals surface area contributed by atoms with Crippen molar-refractivity contribution in [3.05, 3.63) is 97.1 Å². The van der Waals surface area contributed by atoms with Gasteiger partial charge in [0, 0.05) is 13.2 Å². The summed E-state index contributed by atoms with van der Waals surface area (Å²) >= 11 is 0. The number of rotatable bonds is 17. The van der Waals surface area contributed by atoms with Crippen LogP contribution in [0.3, 0.4) is 0 Å². The third-order valence-electron chi connectivity index (χ3n) is 6.22. The van der Waals surface area contributed by atoms with Crippen LogP contribution in [0.15, 0.2) is 86.0 Å². The van der Waals surface area contributed by atoms with Crippen LogP contribution in [0, 0.1) is 11.8 Å². The molecule has 0 spiro atoms. The number of carbonyl (C=O) groups excluding carboxylic acids is 3. The van der Waals surface area contributed by atoms with Crippen LogP contribution < -0.4 is 10.6 Å². The number of methoxy groups -OCH3 is 1. The minimum absolute atomic E-state index is 0.0266. The van der Waals surface area contributed by atoms with Crippen molar-refractivity contribution in [2.24, 2.45) is 11.8 Å². The molecule has 0 fully saturated rings. The third-order valence-corrected chi connectivity index (χ3v) is 6.22. The minimum atomic E-state index is -1.09. The van der Waals surface area contributed by atoms with Crippen molar-refractivity contribution in [3.8, 4) is 0 Å². The van der Waals surface area contributed by atoms with Gasteiger partial charge in [0.05, 0.1) is 25.2 Å². The Morgan fingerprint density at radius 1 is 0.923 bits per heavy atom. The van der Waals surface area contributed by atoms with Gasteiger partial charge in [-0.1, -0.05) is 72.8 Å². The Kier molecular flexibility index (Phi) is 13.7. The molecule has 0 aliphatic rings. The molecule has 0 aliphatic carbocycles. The van der Waals surface area contributed by atoms with E-state index in [9.17, 15) is 19.5 Å². The highest BCUT2D eigenvalue weighted by molar-refractivity contribution is 6.00. The Labute approximate surface area is 231 Å². The first-order valence-electron chi connectivity index (χ1n) is 13.1. The van der Waals surface area contributed by atoms with Crippen LogP contribution in [0.25, 0.3) is 0 Å². The first kappa shape index (κ1) is 31.5. The standard InChI is InChI=1S/C31H40N2O6/c1-5-13-25(19-23-15-9-7-10-16-23)31(37)39-28(24-17-11-8-12-18-24)27(21-38-4)33-30(36)26(14-6-2)29(35)32-22(3)20-34/h5-12,15-18,22,25-28,34H,1-2,13-14,19-21H2,3-4H3,(H,32,35)(H,33,36)/t22-,25+,26?,27-,28-/m0/s1. The molecule has 0 heterocycles. The summed E-state index contributed by atoms with van der Waals surface area (Å²) in [5, 5.41) is 14.8. The van der Waals surface area contributed by atoms with E-state index in [1.54, 1.807) is 13.0 Å². The predicted molar refractivity (Wildman–Crippen MR) is 151 cm³/mol. The van der Waals surface area contributed by atoms with E-state index in [1.165, 1.54) is 13.2 Å². The maximum atomic E-state index is 13.5. The Bertz CT molecular complexity index is 1060. The number of hydrogen-bond acceptors (Lipinski definition) is 6. The van der Waals surface area contributed by atoms with Crippen LogP contribution in [-0.2, 0) is 30.3 Å². The molecule has 2 aromatic carbocycles. The second-order valence-electron chi connectivity index (χ2n) is 9.42. The van der Waals surface area contributed by atoms with Gasteiger partial charge in [0.15, 0.2) is 0 Å². The topological polar surface area (TPSA) is 114 Å². The maximum Gasteiger partial charge on any atom is 0.310 e. The number of esters is 1. The summed E-state index contributed by atoms with van der Waals surface area (Å²) in [5.41, 5.74) is 1.67. The smallest absolute Gasteiger partial charge is 0.310 e. The van der Waals surface area contributed by atoms with Crippen molar-refractivity contribution in [1.29, 1.82) is 0 Å². The summed E-state index contributed by atoms with van der Waals surface area (Å²) in [4.78, 5) is 39.6. The van der Waals surface area contributed by atoms with Crippen LogP contribution in [0.4, 0.5) is 0 Å². The summed E-state index contributed by atoms with van der Waals surface area (Å²) < 4.78 is 11.5. The lowest BCUT2D eigenvalue weighted by Gasteiger charge is -2.30. The molecule has 5 atom stereocenters. The number of allylic oxidation sites excluding steroid dienone is 2. The summed E-state index contributed by atoms with van der Waals surface area (Å²) in [6.45, 7) is 8.86. The van der Waals surface area contributed by atoms with Crippen molar-refractivity contribution in [1.82, 2.24) is 10.6 Å². The first-order chi connectivity index (χ1) is 18.8. The second kappa shape index (κ2) is 17.0. The van der Waals surface area contributed by atoms with Crippen LogP contribution in [0.5, 0.6) is 0 Å². The number of hydrogen-bond donors (Lipinski definition) is 3. The Balaban J connectivity index is 2.33. The van der Waals surface area contributed by atoms with Gasteiger partial charge in [0.1, 0.15) is 12.0 Å². The Morgan fingerprint density at radius 3 is 2.08 bits per heavy atom. The molecular weight excluding hydrogens is 496 g/mol. The monoisotopic (exact) mass is 536 g/mol. The fraction of sp³-hybridized carbons (Fsp3) is 0.387. The van der Waals surface area contributed by atoms with Crippen molar-refractivity contribution < 1.29 is 29.0 Å². The normalized spacial score (nSPS) is 14.6. The van der Waals surface area contributed by atoms with E-state index in [0.29, 0.717) is 18.4 Å². The average molecular weight is 537 g/mol. The molecule has 2 rings (SSSR count). The van der Waals surface area contributed by atoms with Gasteiger partial charge in [-0.2, -0.15) is 0 Å². The average Bonchev–Trinajstić information content (AvgIpc) is 2.94. The van der Waals surface area contributed by atoms with Gasteiger partial charge in [-0.3, -0.25) is 14.4 Å². The molecule has 8 nitrogen and oxygen atoms in total. The van der Waals surface area contributed by atoms with E-state index >= 15 is 0 Å². The van der Waals surface area contributed by atoms with Gasteiger partial charge in [0.25, 0.3) is 0 Å². The molecule has 8 heteroatoms. The van der Waals surface area contributed by atoms with Gasteiger partial charge in [-0.25, -0.2) is 0 Å². The second-order valence-corrected chi connectivity index (χ2v) is 9.42. The number of benzene rings is 2. The molecule has 0 aliphatic heterocycles. The van der Waals surface area contributed by atoms with Crippen LogP contribution >= 0.6 is 0 Å². The Morgan fingerprint density at radius 2 is 1.51 bits per heavy atom. The molecule has 210 valence electrons. The fourth-order valence-corrected chi connectivity index (χ4v) is 4.17. The molecule has 0 aromatic heterocycles. The number of aliphatic hydroxyl groups is 1. The van der Waals surface area contributed by atoms with E-state index in [0.717, 1.165) is 5.56 Å². The SMILES string of the molecule is C=CCC(C(=O)N[C@@H](COC)[C@@H](OC(=O)[C@H](CC=C)Cc1ccccc1)c1ccccc1)C(=O)N[C@@H](C)CO. The predicted octanol–water partition coefficient (Wildman–Crippen LogP) is 3.53. The van der Waals surface area contributed by atoms with Crippen molar-refractivity contribution >= 4 is 17.8 Å². The lowest BCUT2D eigenvalue weighted by Crippen LogP contribution is -2.50. The van der Waals surface area contributed by atoms with E-state index in [2.05, 4.69) is 23.8 Å². The summed E-state index contributed by atoms with van der Waals surface area (Å²) in [7, 11) is 1.48. The quantitative estimate of drug-likeness (QED) is 0.162. The van der Waals surface area contributed by atoms with Crippen LogP contribution in [0.2, 0.25) is 0 Å². The van der Waals surface area contributed by atoms with Crippen LogP contribution in [-0.4, -0.2) is 55.3 Å². The zero-order chi connectivity index (χ0) is 28.6. The largest absolute Gasteiger partial charge is 0.455 e. The highest BCUT2D eigenvalue weighted by Crippen LogP contribution is 2.26. The van der Waals surface area contributed by atoms with Gasteiger partial charge in [-0.15, -0.1) is 13.2 Å². The molecular formula is C31H40N2O6. The minimum Gasteiger partial charge on any atom is -0.455 e. The number of amides is 2. The van der Waals surface area contributed by atoms with Crippen molar-refractivity contribution in [3.63, 3.8) is 0 Å². The molecule has 3 N–H and O–H groups in total. The molecule has 1 unspecified atom stereocenters. The van der Waals surface area contributed by atoms with E-state index in [4.69, 9.17) is 9.47 Å². The molecule has 0 radical (unpaired) electrons. The zero-order valence-corrected chi connectivity index (χ0v) is 22.8. The molecule has 0 bridgehead atoms. The van der Waals surface area contributed by atoms with Gasteiger partial charge in [0.2, 0.25) is 11.8 Å². The van der Waals surface area contributed by atoms with E-state index < -0.39 is 47.8 Å². The van der Waals surface area contributed by atoms with Crippen molar-refractivity contribution in [2.75, 3.05) is 20.3 Å². The zero-order valence-electron chi connectivity index (χ0n) is 22.8. The molecule has 2 amide bonds. The van der Waals surface area contributed by atoms with E-state index in [1.807, 2.05) is 60.7 Å². The van der Waals surface area contributed by atoms with E-state index in [-0.39, 0.29) is 19.6 Å². The molecule has 2 aromatic rings. The summed E-state index contributed by atoms with van der Waals surface area (Å²) in [5.74, 6) is -3.10. The maximum absolute atomic E-state index is 13.5. The van der Waals surface area contributed by atoms with Gasteiger partial charge >= 0.3 is 5.97 Å². The highest BCUT2D eigenvalue weighted by atomic mass is 16.5. The number of nitrogens with one attached hydrogen (secondary N) is 2. The number of carbonyl (C=O) groups is 3. The summed E-state index contributed by atoms with van der Waals surface area (Å²) in [6, 6.07) is 17.4. The lowest BCUT2D eigenvalue weighted by atomic mass is 9.95. The first-order valence-corrected chi connectivity index (χ1v) is 13.1. The number of aliphatic hydroxyl groups excluding tert-OH is 1. The summed E-state index contributed by atoms with van der Waals surface area (Å²) in [6.07, 6.45) is 3.27. The third kappa shape index (κ3) is 10.1. The molecule has 0 saturated carbocycles. The fourth-order valence-electron chi connectivity index (χ4n) is 4.17. The van der Waals surface area contributed by atoms with Gasteiger partial charge < -0.3 is 25.2 Å². The van der Waals surface area contributed by atoms with Crippen LogP contribution in [0.1, 0.15) is 37.0 Å². The number of ether oxygens (including phenoxy) is 2.